The molecule has 2 heteroatoms. The van der Waals surface area contributed by atoms with Crippen LogP contribution in [0, 0.1) is 11.8 Å². The predicted octanol–water partition coefficient (Wildman–Crippen LogP) is 1.41. The topological polar surface area (TPSA) is 40.5 Å². The molecule has 2 nitrogen and oxygen atoms in total. The van der Waals surface area contributed by atoms with Crippen LogP contribution in [0.4, 0.5) is 0 Å². The monoisotopic (exact) mass is 160 g/mol. The molecule has 0 heterocycles. The Labute approximate surface area is 69.2 Å². The zero-order valence-electron chi connectivity index (χ0n) is 7.75. The lowest BCUT2D eigenvalue weighted by molar-refractivity contribution is 0.116. The van der Waals surface area contributed by atoms with Gasteiger partial charge in [-0.2, -0.15) is 0 Å². The van der Waals surface area contributed by atoms with Crippen molar-refractivity contribution in [2.24, 2.45) is 11.8 Å². The molecule has 11 heavy (non-hydrogen) atoms. The van der Waals surface area contributed by atoms with Crippen LogP contribution < -0.4 is 0 Å². The first-order valence-corrected chi connectivity index (χ1v) is 4.36. The second kappa shape index (κ2) is 5.56. The summed E-state index contributed by atoms with van der Waals surface area (Å²) in [5.41, 5.74) is 0. The third-order valence-corrected chi connectivity index (χ3v) is 2.22. The lowest BCUT2D eigenvalue weighted by Gasteiger charge is -2.18. The minimum atomic E-state index is -0.226. The number of aliphatic hydroxyl groups excluding tert-OH is 2. The Balaban J connectivity index is 3.48. The van der Waals surface area contributed by atoms with E-state index in [9.17, 15) is 5.11 Å². The smallest absolute Gasteiger partial charge is 0.0537 e. The third kappa shape index (κ3) is 5.22. The molecule has 0 rings (SSSR count). The van der Waals surface area contributed by atoms with Crippen LogP contribution >= 0.6 is 0 Å². The van der Waals surface area contributed by atoms with Gasteiger partial charge in [-0.1, -0.05) is 13.8 Å². The summed E-state index contributed by atoms with van der Waals surface area (Å²) in [5.74, 6) is 0.862. The van der Waals surface area contributed by atoms with Crippen molar-refractivity contribution in [2.45, 2.75) is 39.7 Å². The lowest BCUT2D eigenvalue weighted by atomic mass is 9.92. The number of hydrogen-bond acceptors (Lipinski definition) is 2. The summed E-state index contributed by atoms with van der Waals surface area (Å²) in [4.78, 5) is 0. The maximum Gasteiger partial charge on any atom is 0.0537 e. The molecule has 0 saturated carbocycles. The average Bonchev–Trinajstić information content (AvgIpc) is 1.87. The molecule has 0 aromatic rings. The summed E-state index contributed by atoms with van der Waals surface area (Å²) < 4.78 is 0. The van der Waals surface area contributed by atoms with Crippen LogP contribution in [0.1, 0.15) is 33.6 Å². The second-order valence-electron chi connectivity index (χ2n) is 3.57. The van der Waals surface area contributed by atoms with Gasteiger partial charge in [-0.05, 0) is 31.6 Å². The molecule has 0 aromatic heterocycles. The van der Waals surface area contributed by atoms with E-state index in [1.165, 1.54) is 0 Å². The van der Waals surface area contributed by atoms with Crippen LogP contribution in [-0.4, -0.2) is 22.9 Å². The first kappa shape index (κ1) is 10.9. The van der Waals surface area contributed by atoms with Crippen molar-refractivity contribution in [1.82, 2.24) is 0 Å². The van der Waals surface area contributed by atoms with Gasteiger partial charge in [-0.15, -0.1) is 0 Å². The van der Waals surface area contributed by atoms with Gasteiger partial charge < -0.3 is 10.2 Å². The molecule has 0 aliphatic rings. The van der Waals surface area contributed by atoms with Crippen LogP contribution in [0.25, 0.3) is 0 Å². The van der Waals surface area contributed by atoms with Gasteiger partial charge in [0.25, 0.3) is 0 Å². The molecule has 0 aliphatic carbocycles. The van der Waals surface area contributed by atoms with Gasteiger partial charge in [-0.25, -0.2) is 0 Å². The second-order valence-corrected chi connectivity index (χ2v) is 3.57. The fourth-order valence-corrected chi connectivity index (χ4v) is 1.17. The number of hydrogen-bond donors (Lipinski definition) is 2. The summed E-state index contributed by atoms with van der Waals surface area (Å²) in [6.07, 6.45) is 1.62. The fraction of sp³-hybridized carbons (Fsp3) is 1.00. The van der Waals surface area contributed by atoms with E-state index in [1.54, 1.807) is 0 Å². The molecule has 0 spiro atoms. The SMILES string of the molecule is CC(CCO)CC(C)C(C)O. The molecule has 0 saturated heterocycles. The van der Waals surface area contributed by atoms with Crippen molar-refractivity contribution >= 4 is 0 Å². The van der Waals surface area contributed by atoms with E-state index in [1.807, 2.05) is 13.8 Å². The van der Waals surface area contributed by atoms with E-state index in [0.717, 1.165) is 12.8 Å². The zero-order chi connectivity index (χ0) is 8.85. The van der Waals surface area contributed by atoms with Gasteiger partial charge in [0.2, 0.25) is 0 Å². The lowest BCUT2D eigenvalue weighted by Crippen LogP contribution is -2.16. The molecule has 0 aromatic carbocycles. The number of aliphatic hydroxyl groups is 2. The quantitative estimate of drug-likeness (QED) is 0.638. The van der Waals surface area contributed by atoms with E-state index in [-0.39, 0.29) is 12.7 Å². The maximum absolute atomic E-state index is 9.18. The van der Waals surface area contributed by atoms with Crippen molar-refractivity contribution in [3.8, 4) is 0 Å². The molecule has 3 atom stereocenters. The zero-order valence-corrected chi connectivity index (χ0v) is 7.75. The molecule has 0 bridgehead atoms. The Morgan fingerprint density at radius 2 is 1.73 bits per heavy atom. The largest absolute Gasteiger partial charge is 0.396 e. The molecule has 0 fully saturated rings. The molecular formula is C9H20O2. The minimum Gasteiger partial charge on any atom is -0.396 e. The van der Waals surface area contributed by atoms with Crippen LogP contribution in [0.15, 0.2) is 0 Å². The minimum absolute atomic E-state index is 0.226. The molecule has 3 unspecified atom stereocenters. The van der Waals surface area contributed by atoms with Gasteiger partial charge >= 0.3 is 0 Å². The Bertz CT molecular complexity index is 91.6. The first-order chi connectivity index (χ1) is 5.07. The summed E-state index contributed by atoms with van der Waals surface area (Å²) in [5, 5.41) is 17.8. The maximum atomic E-state index is 9.18. The van der Waals surface area contributed by atoms with Gasteiger partial charge in [0.05, 0.1) is 6.10 Å². The molecule has 0 radical (unpaired) electrons. The van der Waals surface area contributed by atoms with E-state index in [2.05, 4.69) is 6.92 Å². The van der Waals surface area contributed by atoms with E-state index >= 15 is 0 Å². The molecule has 2 N–H and O–H groups in total. The van der Waals surface area contributed by atoms with E-state index in [4.69, 9.17) is 5.11 Å². The molecule has 0 aliphatic heterocycles. The van der Waals surface area contributed by atoms with Gasteiger partial charge in [0, 0.05) is 6.61 Å². The highest BCUT2D eigenvalue weighted by molar-refractivity contribution is 4.63. The Morgan fingerprint density at radius 3 is 2.09 bits per heavy atom. The summed E-state index contributed by atoms with van der Waals surface area (Å²) in [6.45, 7) is 6.22. The van der Waals surface area contributed by atoms with Crippen LogP contribution in [0.2, 0.25) is 0 Å². The Hall–Kier alpha value is -0.0800. The van der Waals surface area contributed by atoms with Crippen molar-refractivity contribution in [1.29, 1.82) is 0 Å². The van der Waals surface area contributed by atoms with Gasteiger partial charge in [0.15, 0.2) is 0 Å². The van der Waals surface area contributed by atoms with Crippen LogP contribution in [0.5, 0.6) is 0 Å². The predicted molar refractivity (Wildman–Crippen MR) is 46.3 cm³/mol. The standard InChI is InChI=1S/C9H20O2/c1-7(4-5-10)6-8(2)9(3)11/h7-11H,4-6H2,1-3H3. The Kier molecular flexibility index (Phi) is 5.51. The third-order valence-electron chi connectivity index (χ3n) is 2.22. The van der Waals surface area contributed by atoms with Crippen molar-refractivity contribution in [2.75, 3.05) is 6.61 Å². The Morgan fingerprint density at radius 1 is 1.18 bits per heavy atom. The highest BCUT2D eigenvalue weighted by Gasteiger charge is 2.12. The molecular weight excluding hydrogens is 140 g/mol. The van der Waals surface area contributed by atoms with Crippen molar-refractivity contribution < 1.29 is 10.2 Å². The highest BCUT2D eigenvalue weighted by atomic mass is 16.3. The summed E-state index contributed by atoms with van der Waals surface area (Å²) in [7, 11) is 0. The summed E-state index contributed by atoms with van der Waals surface area (Å²) in [6, 6.07) is 0. The first-order valence-electron chi connectivity index (χ1n) is 4.36. The average molecular weight is 160 g/mol. The normalized spacial score (nSPS) is 19.4. The van der Waals surface area contributed by atoms with Crippen molar-refractivity contribution in [3.05, 3.63) is 0 Å². The van der Waals surface area contributed by atoms with E-state index in [0.29, 0.717) is 11.8 Å². The molecule has 68 valence electrons. The van der Waals surface area contributed by atoms with Gasteiger partial charge in [-0.3, -0.25) is 0 Å². The van der Waals surface area contributed by atoms with E-state index < -0.39 is 0 Å². The fourth-order valence-electron chi connectivity index (χ4n) is 1.17. The highest BCUT2D eigenvalue weighted by Crippen LogP contribution is 2.17. The number of rotatable bonds is 5. The molecule has 0 amide bonds. The van der Waals surface area contributed by atoms with Crippen molar-refractivity contribution in [3.63, 3.8) is 0 Å². The van der Waals surface area contributed by atoms with Gasteiger partial charge in [0.1, 0.15) is 0 Å². The van der Waals surface area contributed by atoms with Crippen LogP contribution in [-0.2, 0) is 0 Å². The summed E-state index contributed by atoms with van der Waals surface area (Å²) >= 11 is 0. The van der Waals surface area contributed by atoms with Crippen LogP contribution in [0.3, 0.4) is 0 Å².